The van der Waals surface area contributed by atoms with E-state index in [0.717, 1.165) is 30.0 Å². The van der Waals surface area contributed by atoms with Gasteiger partial charge in [0.1, 0.15) is 23.9 Å². The van der Waals surface area contributed by atoms with Crippen molar-refractivity contribution >= 4 is 11.6 Å². The molecule has 1 unspecified atom stereocenters. The Morgan fingerprint density at radius 1 is 0.925 bits per heavy atom. The van der Waals surface area contributed by atoms with Gasteiger partial charge in [-0.25, -0.2) is 14.0 Å². The molecule has 1 fully saturated rings. The quantitative estimate of drug-likeness (QED) is 0.313. The maximum absolute atomic E-state index is 13.5. The number of piperazine rings is 1. The second-order valence-electron chi connectivity index (χ2n) is 10.2. The molecule has 1 saturated heterocycles. The molecule has 1 amide bonds. The van der Waals surface area contributed by atoms with E-state index in [-0.39, 0.29) is 35.7 Å². The summed E-state index contributed by atoms with van der Waals surface area (Å²) in [6.45, 7) is 6.83. The van der Waals surface area contributed by atoms with E-state index in [2.05, 4.69) is 20.2 Å². The second kappa shape index (κ2) is 11.7. The highest BCUT2D eigenvalue weighted by Crippen LogP contribution is 2.27. The van der Waals surface area contributed by atoms with Crippen molar-refractivity contribution in [2.45, 2.75) is 32.5 Å². The first-order chi connectivity index (χ1) is 19.3. The molecule has 3 N–H and O–H groups in total. The molecule has 0 saturated carbocycles. The first-order valence-electron chi connectivity index (χ1n) is 13.4. The molecule has 0 spiro atoms. The number of nitrogens with zero attached hydrogens (tertiary/aromatic N) is 5. The average Bonchev–Trinajstić information content (AvgIpc) is 3.35. The Labute approximate surface area is 232 Å². The van der Waals surface area contributed by atoms with Gasteiger partial charge >= 0.3 is 5.69 Å². The third-order valence-corrected chi connectivity index (χ3v) is 7.24. The number of aromatic nitrogens is 3. The number of anilines is 1. The number of rotatable bonds is 8. The standard InChI is InChI=1S/C30H34N6O4/c1-21(2)36-30(40)35(20-32-36)25-11-9-24(10-12-25)33-14-16-34(17-15-33)28(22-6-4-3-5-7-22)29(39)31-19-23-8-13-26(37)18-27(23)38/h3-13,18,20-21,28,37-38H,14-17,19H2,1-2H3,(H,31,39). The molecule has 0 radical (unpaired) electrons. The van der Waals surface area contributed by atoms with E-state index < -0.39 is 6.04 Å². The van der Waals surface area contributed by atoms with Gasteiger partial charge in [-0.2, -0.15) is 5.10 Å². The summed E-state index contributed by atoms with van der Waals surface area (Å²) in [6, 6.07) is 21.4. The maximum atomic E-state index is 13.5. The molecule has 40 heavy (non-hydrogen) atoms. The van der Waals surface area contributed by atoms with Gasteiger partial charge in [0.15, 0.2) is 0 Å². The highest BCUT2D eigenvalue weighted by Gasteiger charge is 2.30. The normalized spacial score (nSPS) is 14.8. The van der Waals surface area contributed by atoms with Gasteiger partial charge in [-0.15, -0.1) is 0 Å². The summed E-state index contributed by atoms with van der Waals surface area (Å²) in [5.41, 5.74) is 3.09. The lowest BCUT2D eigenvalue weighted by atomic mass is 10.0. The van der Waals surface area contributed by atoms with Crippen LogP contribution < -0.4 is 15.9 Å². The summed E-state index contributed by atoms with van der Waals surface area (Å²) in [7, 11) is 0. The van der Waals surface area contributed by atoms with Crippen LogP contribution in [0.3, 0.4) is 0 Å². The third kappa shape index (κ3) is 5.72. The highest BCUT2D eigenvalue weighted by molar-refractivity contribution is 5.83. The lowest BCUT2D eigenvalue weighted by Gasteiger charge is -2.39. The number of aromatic hydroxyl groups is 2. The number of nitrogens with one attached hydrogen (secondary N) is 1. The van der Waals surface area contributed by atoms with Crippen LogP contribution in [0.2, 0.25) is 0 Å². The van der Waals surface area contributed by atoms with Crippen LogP contribution in [0.15, 0.2) is 83.9 Å². The van der Waals surface area contributed by atoms with Crippen LogP contribution in [0.5, 0.6) is 11.5 Å². The molecule has 208 valence electrons. The van der Waals surface area contributed by atoms with E-state index >= 15 is 0 Å². The fourth-order valence-electron chi connectivity index (χ4n) is 5.05. The summed E-state index contributed by atoms with van der Waals surface area (Å²) in [6.07, 6.45) is 1.55. The third-order valence-electron chi connectivity index (χ3n) is 7.24. The van der Waals surface area contributed by atoms with E-state index in [9.17, 15) is 19.8 Å². The van der Waals surface area contributed by atoms with Crippen LogP contribution in [0.4, 0.5) is 5.69 Å². The smallest absolute Gasteiger partial charge is 0.350 e. The molecule has 1 atom stereocenters. The van der Waals surface area contributed by atoms with Gasteiger partial charge in [0.05, 0.1) is 11.7 Å². The highest BCUT2D eigenvalue weighted by atomic mass is 16.3. The molecule has 10 heteroatoms. The van der Waals surface area contributed by atoms with Crippen LogP contribution in [-0.4, -0.2) is 61.5 Å². The maximum Gasteiger partial charge on any atom is 0.350 e. The fourth-order valence-corrected chi connectivity index (χ4v) is 5.05. The predicted molar refractivity (Wildman–Crippen MR) is 153 cm³/mol. The molecule has 4 aromatic rings. The second-order valence-corrected chi connectivity index (χ2v) is 10.2. The molecule has 1 aliphatic rings. The van der Waals surface area contributed by atoms with Crippen LogP contribution in [-0.2, 0) is 11.3 Å². The Kier molecular flexibility index (Phi) is 7.88. The Morgan fingerprint density at radius 2 is 1.60 bits per heavy atom. The zero-order valence-electron chi connectivity index (χ0n) is 22.6. The minimum absolute atomic E-state index is 0.00827. The number of hydrogen-bond acceptors (Lipinski definition) is 7. The number of benzene rings is 3. The summed E-state index contributed by atoms with van der Waals surface area (Å²) in [5, 5.41) is 26.8. The van der Waals surface area contributed by atoms with Gasteiger partial charge < -0.3 is 20.4 Å². The Balaban J connectivity index is 1.26. The van der Waals surface area contributed by atoms with E-state index in [4.69, 9.17) is 0 Å². The summed E-state index contributed by atoms with van der Waals surface area (Å²) < 4.78 is 3.00. The van der Waals surface area contributed by atoms with Crippen LogP contribution >= 0.6 is 0 Å². The largest absolute Gasteiger partial charge is 0.508 e. The zero-order chi connectivity index (χ0) is 28.2. The van der Waals surface area contributed by atoms with Crippen molar-refractivity contribution in [2.75, 3.05) is 31.1 Å². The predicted octanol–water partition coefficient (Wildman–Crippen LogP) is 3.21. The number of amides is 1. The van der Waals surface area contributed by atoms with Crippen LogP contribution in [0, 0.1) is 0 Å². The van der Waals surface area contributed by atoms with Gasteiger partial charge in [0.2, 0.25) is 5.91 Å². The van der Waals surface area contributed by atoms with Gasteiger partial charge in [-0.05, 0) is 55.8 Å². The zero-order valence-corrected chi connectivity index (χ0v) is 22.6. The van der Waals surface area contributed by atoms with Crippen molar-refractivity contribution in [1.82, 2.24) is 24.6 Å². The van der Waals surface area contributed by atoms with E-state index in [1.807, 2.05) is 68.4 Å². The topological polar surface area (TPSA) is 116 Å². The van der Waals surface area contributed by atoms with Crippen molar-refractivity contribution in [3.63, 3.8) is 0 Å². The number of phenolic OH excluding ortho intramolecular Hbond substituents is 2. The molecule has 0 aliphatic carbocycles. The molecular weight excluding hydrogens is 508 g/mol. The molecule has 5 rings (SSSR count). The Bertz CT molecular complexity index is 1510. The molecule has 1 aromatic heterocycles. The number of phenols is 2. The van der Waals surface area contributed by atoms with Gasteiger partial charge in [0, 0.05) is 50.0 Å². The van der Waals surface area contributed by atoms with E-state index in [1.54, 1.807) is 17.0 Å². The van der Waals surface area contributed by atoms with Gasteiger partial charge in [0.25, 0.3) is 0 Å². The van der Waals surface area contributed by atoms with Crippen molar-refractivity contribution in [3.8, 4) is 17.2 Å². The molecule has 0 bridgehead atoms. The molecule has 2 heterocycles. The van der Waals surface area contributed by atoms with Crippen molar-refractivity contribution < 1.29 is 15.0 Å². The van der Waals surface area contributed by atoms with Crippen molar-refractivity contribution in [3.05, 3.63) is 101 Å². The van der Waals surface area contributed by atoms with Gasteiger partial charge in [-0.3, -0.25) is 9.69 Å². The number of hydrogen-bond donors (Lipinski definition) is 3. The average molecular weight is 543 g/mol. The van der Waals surface area contributed by atoms with Crippen LogP contribution in [0.1, 0.15) is 37.1 Å². The number of carbonyl (C=O) groups excluding carboxylic acids is 1. The van der Waals surface area contributed by atoms with Crippen LogP contribution in [0.25, 0.3) is 5.69 Å². The van der Waals surface area contributed by atoms with E-state index in [0.29, 0.717) is 18.7 Å². The first kappa shape index (κ1) is 27.0. The van der Waals surface area contributed by atoms with Crippen molar-refractivity contribution in [1.29, 1.82) is 0 Å². The number of carbonyl (C=O) groups is 1. The summed E-state index contributed by atoms with van der Waals surface area (Å²) >= 11 is 0. The van der Waals surface area contributed by atoms with E-state index in [1.165, 1.54) is 16.8 Å². The summed E-state index contributed by atoms with van der Waals surface area (Å²) in [5.74, 6) is -0.239. The SMILES string of the molecule is CC(C)n1ncn(-c2ccc(N3CCN(C(C(=O)NCc4ccc(O)cc4O)c4ccccc4)CC3)cc2)c1=O. The summed E-state index contributed by atoms with van der Waals surface area (Å²) in [4.78, 5) is 30.5. The lowest BCUT2D eigenvalue weighted by molar-refractivity contribution is -0.127. The monoisotopic (exact) mass is 542 g/mol. The molecule has 1 aliphatic heterocycles. The molecular formula is C30H34N6O4. The van der Waals surface area contributed by atoms with Crippen molar-refractivity contribution in [2.24, 2.45) is 0 Å². The first-order valence-corrected chi connectivity index (χ1v) is 13.4. The Morgan fingerprint density at radius 3 is 2.23 bits per heavy atom. The lowest BCUT2D eigenvalue weighted by Crippen LogP contribution is -2.51. The Hall–Kier alpha value is -4.57. The minimum Gasteiger partial charge on any atom is -0.508 e. The fraction of sp³-hybridized carbons (Fsp3) is 0.300. The van der Waals surface area contributed by atoms with Gasteiger partial charge in [-0.1, -0.05) is 30.3 Å². The minimum atomic E-state index is -0.477. The molecule has 10 nitrogen and oxygen atoms in total. The molecule has 3 aromatic carbocycles.